The van der Waals surface area contributed by atoms with Gasteiger partial charge in [-0.05, 0) is 12.2 Å². The molecular formula is C12H12O4. The number of rotatable bonds is 2. The van der Waals surface area contributed by atoms with Crippen molar-refractivity contribution in [3.05, 3.63) is 23.7 Å². The molecule has 84 valence electrons. The third-order valence-corrected chi connectivity index (χ3v) is 2.48. The van der Waals surface area contributed by atoms with E-state index in [1.165, 1.54) is 26.4 Å². The molecule has 0 saturated carbocycles. The van der Waals surface area contributed by atoms with Gasteiger partial charge in [-0.25, -0.2) is 0 Å². The Bertz CT molecular complexity index is 393. The minimum atomic E-state index is -2.14. The predicted octanol–water partition coefficient (Wildman–Crippen LogP) is -0.211. The van der Waals surface area contributed by atoms with Crippen molar-refractivity contribution < 1.29 is 19.7 Å². The molecule has 0 spiro atoms. The zero-order valence-corrected chi connectivity index (χ0v) is 9.02. The smallest absolute Gasteiger partial charge is 0.231 e. The lowest BCUT2D eigenvalue weighted by Crippen LogP contribution is -2.57. The van der Waals surface area contributed by atoms with Crippen molar-refractivity contribution in [2.45, 2.75) is 11.2 Å². The van der Waals surface area contributed by atoms with Crippen molar-refractivity contribution in [1.82, 2.24) is 0 Å². The number of hydrogen-bond donors (Lipinski definition) is 2. The highest BCUT2D eigenvalue weighted by Gasteiger charge is 2.56. The summed E-state index contributed by atoms with van der Waals surface area (Å²) < 4.78 is 9.80. The molecule has 0 saturated heterocycles. The molecule has 0 fully saturated rings. The van der Waals surface area contributed by atoms with Crippen LogP contribution in [0.2, 0.25) is 0 Å². The summed E-state index contributed by atoms with van der Waals surface area (Å²) in [5.74, 6) is 4.04. The van der Waals surface area contributed by atoms with Gasteiger partial charge in [0.25, 0.3) is 0 Å². The summed E-state index contributed by atoms with van der Waals surface area (Å²) in [5.41, 5.74) is -4.28. The average molecular weight is 220 g/mol. The summed E-state index contributed by atoms with van der Waals surface area (Å²) in [5, 5.41) is 20.4. The first kappa shape index (κ1) is 12.2. The molecule has 1 rings (SSSR count). The molecule has 4 heteroatoms. The molecule has 4 nitrogen and oxygen atoms in total. The highest BCUT2D eigenvalue weighted by Crippen LogP contribution is 2.38. The molecular weight excluding hydrogens is 208 g/mol. The van der Waals surface area contributed by atoms with Crippen LogP contribution in [0.3, 0.4) is 0 Å². The van der Waals surface area contributed by atoms with E-state index in [9.17, 15) is 10.2 Å². The van der Waals surface area contributed by atoms with Crippen LogP contribution < -0.4 is 0 Å². The van der Waals surface area contributed by atoms with E-state index >= 15 is 0 Å². The lowest BCUT2D eigenvalue weighted by molar-refractivity contribution is -0.0840. The van der Waals surface area contributed by atoms with Gasteiger partial charge in [-0.3, -0.25) is 0 Å². The number of terminal acetylenes is 2. The maximum Gasteiger partial charge on any atom is 0.231 e. The van der Waals surface area contributed by atoms with Gasteiger partial charge < -0.3 is 19.7 Å². The third kappa shape index (κ3) is 1.29. The lowest BCUT2D eigenvalue weighted by atomic mass is 9.77. The number of allylic oxidation sites excluding steroid dienone is 2. The number of hydrogen-bond acceptors (Lipinski definition) is 4. The Morgan fingerprint density at radius 2 is 1.31 bits per heavy atom. The van der Waals surface area contributed by atoms with Gasteiger partial charge in [0.15, 0.2) is 0 Å². The van der Waals surface area contributed by atoms with Gasteiger partial charge >= 0.3 is 0 Å². The Hall–Kier alpha value is -1.88. The van der Waals surface area contributed by atoms with E-state index < -0.39 is 11.2 Å². The van der Waals surface area contributed by atoms with Crippen molar-refractivity contribution >= 4 is 0 Å². The number of ether oxygens (including phenoxy) is 2. The van der Waals surface area contributed by atoms with E-state index in [0.29, 0.717) is 0 Å². The topological polar surface area (TPSA) is 58.9 Å². The average Bonchev–Trinajstić information content (AvgIpc) is 2.32. The molecule has 0 amide bonds. The molecule has 0 bridgehead atoms. The molecule has 0 radical (unpaired) electrons. The summed E-state index contributed by atoms with van der Waals surface area (Å²) >= 11 is 0. The first-order chi connectivity index (χ1) is 7.50. The zero-order chi connectivity index (χ0) is 12.4. The van der Waals surface area contributed by atoms with Crippen molar-refractivity contribution in [1.29, 1.82) is 0 Å². The summed E-state index contributed by atoms with van der Waals surface area (Å²) in [7, 11) is 2.63. The normalized spacial score (nSPS) is 32.9. The number of methoxy groups -OCH3 is 2. The van der Waals surface area contributed by atoms with Gasteiger partial charge in [0.05, 0.1) is 14.2 Å². The van der Waals surface area contributed by atoms with Crippen LogP contribution >= 0.6 is 0 Å². The Morgan fingerprint density at radius 3 is 1.50 bits per heavy atom. The van der Waals surface area contributed by atoms with Crippen molar-refractivity contribution in [2.75, 3.05) is 14.2 Å². The molecule has 0 aliphatic heterocycles. The maximum absolute atomic E-state index is 10.2. The number of aliphatic hydroxyl groups is 2. The summed E-state index contributed by atoms with van der Waals surface area (Å²) in [6.45, 7) is 0. The molecule has 0 unspecified atom stereocenters. The van der Waals surface area contributed by atoms with E-state index in [4.69, 9.17) is 22.3 Å². The Kier molecular flexibility index (Phi) is 3.00. The Morgan fingerprint density at radius 1 is 1.00 bits per heavy atom. The molecule has 1 aliphatic carbocycles. The van der Waals surface area contributed by atoms with Crippen LogP contribution in [0.4, 0.5) is 0 Å². The lowest BCUT2D eigenvalue weighted by Gasteiger charge is -2.39. The van der Waals surface area contributed by atoms with Gasteiger partial charge in [0, 0.05) is 0 Å². The van der Waals surface area contributed by atoms with E-state index in [1.54, 1.807) is 0 Å². The largest absolute Gasteiger partial charge is 0.497 e. The van der Waals surface area contributed by atoms with Gasteiger partial charge in [0.1, 0.15) is 11.5 Å². The van der Waals surface area contributed by atoms with Crippen LogP contribution in [0.15, 0.2) is 23.7 Å². The van der Waals surface area contributed by atoms with Gasteiger partial charge in [-0.2, -0.15) is 0 Å². The van der Waals surface area contributed by atoms with Crippen LogP contribution in [0.5, 0.6) is 0 Å². The van der Waals surface area contributed by atoms with E-state index in [0.717, 1.165) is 0 Å². The van der Waals surface area contributed by atoms with Crippen LogP contribution in [0.25, 0.3) is 0 Å². The fourth-order valence-electron chi connectivity index (χ4n) is 1.53. The van der Waals surface area contributed by atoms with Crippen LogP contribution in [0.1, 0.15) is 0 Å². The predicted molar refractivity (Wildman–Crippen MR) is 57.7 cm³/mol. The minimum Gasteiger partial charge on any atom is -0.497 e. The van der Waals surface area contributed by atoms with Crippen molar-refractivity contribution in [3.63, 3.8) is 0 Å². The Balaban J connectivity index is 3.47. The minimum absolute atomic E-state index is 0.0174. The van der Waals surface area contributed by atoms with E-state index in [2.05, 4.69) is 0 Å². The molecule has 0 aromatic heterocycles. The van der Waals surface area contributed by atoms with Crippen LogP contribution in [0, 0.1) is 24.7 Å². The molecule has 0 aromatic rings. The second-order valence-corrected chi connectivity index (χ2v) is 3.18. The first-order valence-corrected chi connectivity index (χ1v) is 4.41. The highest BCUT2D eigenvalue weighted by atomic mass is 16.5. The molecule has 16 heavy (non-hydrogen) atoms. The summed E-state index contributed by atoms with van der Waals surface area (Å²) in [4.78, 5) is 0. The Labute approximate surface area is 94.2 Å². The van der Waals surface area contributed by atoms with Crippen LogP contribution in [-0.4, -0.2) is 35.6 Å². The molecule has 2 atom stereocenters. The van der Waals surface area contributed by atoms with Gasteiger partial charge in [0.2, 0.25) is 11.2 Å². The van der Waals surface area contributed by atoms with Gasteiger partial charge in [-0.1, -0.05) is 11.8 Å². The highest BCUT2D eigenvalue weighted by molar-refractivity contribution is 5.50. The quantitative estimate of drug-likeness (QED) is 0.632. The standard InChI is InChI=1S/C12H12O4/c1-5-11(13)9(15-3)7-8-10(16-4)12(11,14)6-2/h1-2,7-8,13-14H,3-4H3/t11-,12-/m0/s1. The zero-order valence-electron chi connectivity index (χ0n) is 9.02. The van der Waals surface area contributed by atoms with E-state index in [1.807, 2.05) is 11.8 Å². The monoisotopic (exact) mass is 220 g/mol. The maximum atomic E-state index is 10.2. The van der Waals surface area contributed by atoms with Crippen LogP contribution in [-0.2, 0) is 9.47 Å². The van der Waals surface area contributed by atoms with Gasteiger partial charge in [-0.15, -0.1) is 12.8 Å². The second kappa shape index (κ2) is 3.94. The fraction of sp³-hybridized carbons (Fsp3) is 0.333. The van der Waals surface area contributed by atoms with E-state index in [-0.39, 0.29) is 11.5 Å². The second-order valence-electron chi connectivity index (χ2n) is 3.18. The van der Waals surface area contributed by atoms with Crippen molar-refractivity contribution in [2.24, 2.45) is 0 Å². The molecule has 0 heterocycles. The summed E-state index contributed by atoms with van der Waals surface area (Å²) in [6.07, 6.45) is 13.2. The molecule has 1 aliphatic rings. The summed E-state index contributed by atoms with van der Waals surface area (Å²) in [6, 6.07) is 0. The first-order valence-electron chi connectivity index (χ1n) is 4.41. The third-order valence-electron chi connectivity index (χ3n) is 2.48. The SMILES string of the molecule is C#C[C@]1(O)C(OC)=CC=C(OC)[C@@]1(O)C#C. The molecule has 0 aromatic carbocycles. The fourth-order valence-corrected chi connectivity index (χ4v) is 1.53. The molecule has 2 N–H and O–H groups in total. The van der Waals surface area contributed by atoms with Crippen molar-refractivity contribution in [3.8, 4) is 24.7 Å².